The molecule has 0 spiro atoms. The molecule has 4 heterocycles. The number of β-amino-alcohol motifs (C(OH)–C–C–N with tert-alkyl or cyclic N) is 1. The third-order valence-electron chi connectivity index (χ3n) is 6.96. The average Bonchev–Trinajstić information content (AvgIpc) is 3.38. The third-order valence-corrected chi connectivity index (χ3v) is 6.96. The summed E-state index contributed by atoms with van der Waals surface area (Å²) in [4.78, 5) is 4.81. The zero-order valence-corrected chi connectivity index (χ0v) is 16.8. The summed E-state index contributed by atoms with van der Waals surface area (Å²) in [5, 5.41) is 24.6. The van der Waals surface area contributed by atoms with Crippen LogP contribution in [0, 0.1) is 0 Å². The molecule has 2 aromatic heterocycles. The fraction of sp³-hybridized carbons (Fsp3) is 0.762. The number of fused-ring (bicyclic) bond motifs is 1. The highest BCUT2D eigenvalue weighted by Gasteiger charge is 2.33. The van der Waals surface area contributed by atoms with Crippen LogP contribution in [0.25, 0.3) is 5.65 Å². The van der Waals surface area contributed by atoms with Gasteiger partial charge < -0.3 is 14.9 Å². The van der Waals surface area contributed by atoms with Gasteiger partial charge in [-0.1, -0.05) is 19.3 Å². The van der Waals surface area contributed by atoms with Gasteiger partial charge in [0.2, 0.25) is 0 Å². The predicted molar refractivity (Wildman–Crippen MR) is 109 cm³/mol. The summed E-state index contributed by atoms with van der Waals surface area (Å²) in [6.45, 7) is 5.06. The Labute approximate surface area is 166 Å². The molecule has 0 amide bonds. The van der Waals surface area contributed by atoms with E-state index in [-0.39, 0.29) is 0 Å². The van der Waals surface area contributed by atoms with Crippen molar-refractivity contribution in [3.63, 3.8) is 0 Å². The van der Waals surface area contributed by atoms with Crippen molar-refractivity contribution in [2.45, 2.75) is 69.3 Å². The quantitative estimate of drug-likeness (QED) is 0.874. The monoisotopic (exact) mass is 384 g/mol. The lowest BCUT2D eigenvalue weighted by Gasteiger charge is -2.39. The number of piperidine rings is 1. The van der Waals surface area contributed by atoms with Gasteiger partial charge in [0.05, 0.1) is 5.60 Å². The summed E-state index contributed by atoms with van der Waals surface area (Å²) in [7, 11) is 0. The molecule has 1 aliphatic carbocycles. The van der Waals surface area contributed by atoms with Crippen LogP contribution in [-0.2, 0) is 0 Å². The first-order chi connectivity index (χ1) is 13.7. The average molecular weight is 385 g/mol. The van der Waals surface area contributed by atoms with Crippen LogP contribution < -0.4 is 4.90 Å². The van der Waals surface area contributed by atoms with Crippen molar-refractivity contribution >= 4 is 11.5 Å². The predicted octanol–water partition coefficient (Wildman–Crippen LogP) is 2.60. The molecule has 7 heteroatoms. The number of aliphatic hydroxyl groups is 1. The molecule has 1 N–H and O–H groups in total. The zero-order valence-electron chi connectivity index (χ0n) is 16.8. The zero-order chi connectivity index (χ0) is 19.0. The van der Waals surface area contributed by atoms with Crippen molar-refractivity contribution < 1.29 is 5.11 Å². The molecule has 0 aromatic carbocycles. The van der Waals surface area contributed by atoms with Crippen molar-refractivity contribution in [1.29, 1.82) is 0 Å². The minimum Gasteiger partial charge on any atom is -0.389 e. The van der Waals surface area contributed by atoms with E-state index in [1.54, 1.807) is 0 Å². The van der Waals surface area contributed by atoms with Crippen LogP contribution in [0.4, 0.5) is 5.82 Å². The van der Waals surface area contributed by atoms with Crippen molar-refractivity contribution in [2.24, 2.45) is 0 Å². The first-order valence-corrected chi connectivity index (χ1v) is 11.1. The normalized spacial score (nSPS) is 24.2. The van der Waals surface area contributed by atoms with Gasteiger partial charge in [0.25, 0.3) is 0 Å². The summed E-state index contributed by atoms with van der Waals surface area (Å²) in [6, 6.07) is 4.12. The van der Waals surface area contributed by atoms with E-state index in [0.29, 0.717) is 5.92 Å². The van der Waals surface area contributed by atoms with Crippen molar-refractivity contribution in [3.05, 3.63) is 18.0 Å². The molecule has 152 valence electrons. The molecule has 2 aliphatic heterocycles. The van der Waals surface area contributed by atoms with Crippen molar-refractivity contribution in [2.75, 3.05) is 37.6 Å². The Balaban J connectivity index is 1.27. The van der Waals surface area contributed by atoms with Gasteiger partial charge >= 0.3 is 0 Å². The number of hydrogen-bond acceptors (Lipinski definition) is 6. The fourth-order valence-corrected chi connectivity index (χ4v) is 5.30. The molecule has 0 atom stereocenters. The van der Waals surface area contributed by atoms with Crippen LogP contribution >= 0.6 is 0 Å². The van der Waals surface area contributed by atoms with E-state index in [1.165, 1.54) is 32.1 Å². The summed E-state index contributed by atoms with van der Waals surface area (Å²) in [6.07, 6.45) is 10.2. The first-order valence-electron chi connectivity index (χ1n) is 11.1. The topological polar surface area (TPSA) is 69.8 Å². The Morgan fingerprint density at radius 2 is 1.68 bits per heavy atom. The summed E-state index contributed by atoms with van der Waals surface area (Å²) < 4.78 is 1.97. The van der Waals surface area contributed by atoms with Gasteiger partial charge in [-0.25, -0.2) is 0 Å². The minimum atomic E-state index is -0.459. The maximum atomic E-state index is 10.9. The summed E-state index contributed by atoms with van der Waals surface area (Å²) in [5.74, 6) is 2.45. The van der Waals surface area contributed by atoms with Gasteiger partial charge in [0, 0.05) is 25.6 Å². The first kappa shape index (κ1) is 18.3. The van der Waals surface area contributed by atoms with E-state index >= 15 is 0 Å². The Bertz CT molecular complexity index is 800. The van der Waals surface area contributed by atoms with Crippen LogP contribution in [-0.4, -0.2) is 68.1 Å². The Morgan fingerprint density at radius 3 is 2.43 bits per heavy atom. The van der Waals surface area contributed by atoms with E-state index in [2.05, 4.69) is 26.1 Å². The molecule has 3 fully saturated rings. The fourth-order valence-electron chi connectivity index (χ4n) is 5.30. The smallest absolute Gasteiger partial charge is 0.178 e. The third kappa shape index (κ3) is 3.62. The summed E-state index contributed by atoms with van der Waals surface area (Å²) >= 11 is 0. The highest BCUT2D eigenvalue weighted by molar-refractivity contribution is 5.46. The SMILES string of the molecule is OC1(CN2CCC(c3nnc4ccc(N5CCCC5)nn34)CC2)CCCCC1. The van der Waals surface area contributed by atoms with E-state index in [4.69, 9.17) is 5.10 Å². The second-order valence-corrected chi connectivity index (χ2v) is 9.05. The van der Waals surface area contributed by atoms with Crippen LogP contribution in [0.1, 0.15) is 69.5 Å². The molecule has 0 unspecified atom stereocenters. The Morgan fingerprint density at radius 1 is 0.929 bits per heavy atom. The van der Waals surface area contributed by atoms with Crippen molar-refractivity contribution in [1.82, 2.24) is 24.7 Å². The molecular weight excluding hydrogens is 352 g/mol. The molecule has 3 aliphatic rings. The number of hydrogen-bond donors (Lipinski definition) is 1. The van der Waals surface area contributed by atoms with Gasteiger partial charge in [-0.15, -0.1) is 15.3 Å². The lowest BCUT2D eigenvalue weighted by atomic mass is 9.84. The lowest BCUT2D eigenvalue weighted by molar-refractivity contribution is -0.0309. The standard InChI is InChI=1S/C21H32N6O/c28-21(10-2-1-3-11-21)16-25-14-8-17(9-15-25)20-23-22-18-6-7-19(24-27(18)20)26-12-4-5-13-26/h6-7,17,28H,1-5,8-16H2. The second-order valence-electron chi connectivity index (χ2n) is 9.05. The van der Waals surface area contributed by atoms with Gasteiger partial charge in [-0.2, -0.15) is 4.52 Å². The van der Waals surface area contributed by atoms with Crippen LogP contribution in [0.2, 0.25) is 0 Å². The molecule has 2 saturated heterocycles. The molecule has 2 aromatic rings. The van der Waals surface area contributed by atoms with Crippen LogP contribution in [0.15, 0.2) is 12.1 Å². The van der Waals surface area contributed by atoms with Gasteiger partial charge in [-0.3, -0.25) is 0 Å². The number of rotatable bonds is 4. The number of aromatic nitrogens is 4. The number of likely N-dealkylation sites (tertiary alicyclic amines) is 1. The highest BCUT2D eigenvalue weighted by atomic mass is 16.3. The van der Waals surface area contributed by atoms with E-state index in [1.807, 2.05) is 10.6 Å². The molecule has 7 nitrogen and oxygen atoms in total. The van der Waals surface area contributed by atoms with E-state index in [9.17, 15) is 5.11 Å². The molecule has 5 rings (SSSR count). The van der Waals surface area contributed by atoms with Crippen LogP contribution in [0.3, 0.4) is 0 Å². The Kier molecular flexibility index (Phi) is 4.97. The number of anilines is 1. The van der Waals surface area contributed by atoms with Gasteiger partial charge in [0.1, 0.15) is 5.82 Å². The largest absolute Gasteiger partial charge is 0.389 e. The van der Waals surface area contributed by atoms with E-state index < -0.39 is 5.60 Å². The molecule has 28 heavy (non-hydrogen) atoms. The summed E-state index contributed by atoms with van der Waals surface area (Å²) in [5.41, 5.74) is 0.385. The molecule has 0 bridgehead atoms. The maximum absolute atomic E-state index is 10.9. The van der Waals surface area contributed by atoms with Crippen molar-refractivity contribution in [3.8, 4) is 0 Å². The lowest BCUT2D eigenvalue weighted by Crippen LogP contribution is -2.47. The molecular formula is C21H32N6O. The minimum absolute atomic E-state index is 0.397. The van der Waals surface area contributed by atoms with Gasteiger partial charge in [0.15, 0.2) is 11.5 Å². The number of nitrogens with zero attached hydrogens (tertiary/aromatic N) is 6. The van der Waals surface area contributed by atoms with Crippen LogP contribution in [0.5, 0.6) is 0 Å². The molecule has 1 saturated carbocycles. The Hall–Kier alpha value is -1.73. The maximum Gasteiger partial charge on any atom is 0.178 e. The molecule has 0 radical (unpaired) electrons. The second kappa shape index (κ2) is 7.59. The van der Waals surface area contributed by atoms with E-state index in [0.717, 1.165) is 75.7 Å². The van der Waals surface area contributed by atoms with Gasteiger partial charge in [-0.05, 0) is 63.7 Å². The highest BCUT2D eigenvalue weighted by Crippen LogP contribution is 2.32.